The average molecular weight is 670 g/mol. The molecule has 8 aromatic carbocycles. The number of nitrogens with zero attached hydrogens (tertiary/aromatic N) is 1. The summed E-state index contributed by atoms with van der Waals surface area (Å²) in [6.45, 7) is 0. The van der Waals surface area contributed by atoms with Gasteiger partial charge in [-0.3, -0.25) is 0 Å². The minimum Gasteiger partial charge on any atom is -0.454 e. The topological polar surface area (TPSA) is 16.4 Å². The van der Waals surface area contributed by atoms with Crippen LogP contribution in [0.15, 0.2) is 192 Å². The maximum Gasteiger partial charge on any atom is 0.160 e. The van der Waals surface area contributed by atoms with Gasteiger partial charge in [0.2, 0.25) is 0 Å². The molecule has 0 aliphatic rings. The lowest BCUT2D eigenvalue weighted by Crippen LogP contribution is -2.13. The fraction of sp³-hybridized carbons (Fsp3) is 0. The number of benzene rings is 8. The van der Waals surface area contributed by atoms with E-state index in [4.69, 9.17) is 4.42 Å². The lowest BCUT2D eigenvalue weighted by molar-refractivity contribution is 0.669. The molecule has 0 bridgehead atoms. The van der Waals surface area contributed by atoms with E-state index in [9.17, 15) is 0 Å². The zero-order valence-corrected chi connectivity index (χ0v) is 28.5. The Balaban J connectivity index is 1.22. The molecule has 0 unspecified atom stereocenters. The van der Waals surface area contributed by atoms with Crippen LogP contribution in [0.5, 0.6) is 0 Å². The SMILES string of the molecule is c1ccc(-c2ccccc2N(c2ccc(-c3ccc4sc5ccccc5c4c3)cc2)c2c(-c3ccccc3)ccc3c2oc2ccccc23)cc1. The molecular formula is C48H31NOS. The number of anilines is 3. The Morgan fingerprint density at radius 3 is 1.82 bits per heavy atom. The Kier molecular flexibility index (Phi) is 7.04. The van der Waals surface area contributed by atoms with Crippen LogP contribution in [0.2, 0.25) is 0 Å². The van der Waals surface area contributed by atoms with Gasteiger partial charge in [0.15, 0.2) is 5.58 Å². The van der Waals surface area contributed by atoms with Crippen molar-refractivity contribution in [1.82, 2.24) is 0 Å². The fourth-order valence-corrected chi connectivity index (χ4v) is 8.56. The highest BCUT2D eigenvalue weighted by Gasteiger charge is 2.25. The van der Waals surface area contributed by atoms with Crippen LogP contribution in [-0.4, -0.2) is 0 Å². The monoisotopic (exact) mass is 669 g/mol. The van der Waals surface area contributed by atoms with E-state index < -0.39 is 0 Å². The molecule has 10 aromatic rings. The van der Waals surface area contributed by atoms with Crippen LogP contribution < -0.4 is 4.90 Å². The summed E-state index contributed by atoms with van der Waals surface area (Å²) in [5.41, 5.74) is 11.8. The molecular weight excluding hydrogens is 639 g/mol. The standard InChI is InChI=1S/C48H31NOS/c1-3-13-33(14-4-1)37-17-7-10-20-43(37)49(36-26-23-32(24-27-36)35-25-30-46-42(31-35)40-19-9-12-22-45(40)51-46)47-38(34-15-5-2-6-16-34)28-29-41-39-18-8-11-21-44(39)50-48(41)47/h1-31H. The predicted octanol–water partition coefficient (Wildman–Crippen LogP) is 14.4. The van der Waals surface area contributed by atoms with E-state index in [0.717, 1.165) is 61.3 Å². The van der Waals surface area contributed by atoms with Crippen LogP contribution in [0.4, 0.5) is 17.1 Å². The second-order valence-corrected chi connectivity index (χ2v) is 14.0. The number of fused-ring (bicyclic) bond motifs is 6. The summed E-state index contributed by atoms with van der Waals surface area (Å²) in [4.78, 5) is 2.40. The van der Waals surface area contributed by atoms with Crippen LogP contribution >= 0.6 is 11.3 Å². The molecule has 0 aliphatic heterocycles. The second-order valence-electron chi connectivity index (χ2n) is 12.9. The van der Waals surface area contributed by atoms with Crippen LogP contribution in [0.25, 0.3) is 75.5 Å². The maximum atomic E-state index is 6.84. The average Bonchev–Trinajstić information content (AvgIpc) is 3.77. The molecule has 3 heteroatoms. The van der Waals surface area contributed by atoms with E-state index in [1.165, 1.54) is 31.3 Å². The highest BCUT2D eigenvalue weighted by molar-refractivity contribution is 7.25. The molecule has 0 saturated heterocycles. The molecule has 0 atom stereocenters. The fourth-order valence-electron chi connectivity index (χ4n) is 7.48. The highest BCUT2D eigenvalue weighted by Crippen LogP contribution is 2.49. The van der Waals surface area contributed by atoms with Crippen molar-refractivity contribution >= 4 is 70.5 Å². The minimum absolute atomic E-state index is 0.860. The lowest BCUT2D eigenvalue weighted by Gasteiger charge is -2.30. The van der Waals surface area contributed by atoms with E-state index in [-0.39, 0.29) is 0 Å². The van der Waals surface area contributed by atoms with Gasteiger partial charge in [0.1, 0.15) is 5.58 Å². The zero-order valence-electron chi connectivity index (χ0n) is 27.7. The van der Waals surface area contributed by atoms with Crippen LogP contribution in [0.1, 0.15) is 0 Å². The summed E-state index contributed by atoms with van der Waals surface area (Å²) in [5.74, 6) is 0. The number of thiophene rings is 1. The number of para-hydroxylation sites is 2. The first kappa shape index (κ1) is 29.5. The van der Waals surface area contributed by atoms with Crippen molar-refractivity contribution < 1.29 is 4.42 Å². The molecule has 0 radical (unpaired) electrons. The van der Waals surface area contributed by atoms with Gasteiger partial charge in [-0.2, -0.15) is 0 Å². The van der Waals surface area contributed by atoms with Crippen molar-refractivity contribution in [1.29, 1.82) is 0 Å². The number of hydrogen-bond donors (Lipinski definition) is 0. The first-order chi connectivity index (χ1) is 25.3. The Hall–Kier alpha value is -6.42. The summed E-state index contributed by atoms with van der Waals surface area (Å²) in [5, 5.41) is 4.82. The van der Waals surface area contributed by atoms with Crippen molar-refractivity contribution in [3.05, 3.63) is 188 Å². The summed E-state index contributed by atoms with van der Waals surface area (Å²) in [7, 11) is 0. The Labute approximate surface area is 300 Å². The third-order valence-electron chi connectivity index (χ3n) is 9.89. The van der Waals surface area contributed by atoms with Gasteiger partial charge < -0.3 is 9.32 Å². The van der Waals surface area contributed by atoms with E-state index in [0.29, 0.717) is 0 Å². The largest absolute Gasteiger partial charge is 0.454 e. The van der Waals surface area contributed by atoms with E-state index in [1.807, 2.05) is 17.4 Å². The van der Waals surface area contributed by atoms with Gasteiger partial charge in [-0.25, -0.2) is 0 Å². The summed E-state index contributed by atoms with van der Waals surface area (Å²) < 4.78 is 9.47. The molecule has 0 spiro atoms. The third kappa shape index (κ3) is 5.01. The molecule has 0 saturated carbocycles. The van der Waals surface area contributed by atoms with Gasteiger partial charge in [-0.1, -0.05) is 140 Å². The Bertz CT molecular complexity index is 2850. The van der Waals surface area contributed by atoms with E-state index >= 15 is 0 Å². The van der Waals surface area contributed by atoms with Crippen molar-refractivity contribution in [3.63, 3.8) is 0 Å². The molecule has 2 heterocycles. The Morgan fingerprint density at radius 1 is 0.392 bits per heavy atom. The van der Waals surface area contributed by atoms with Crippen molar-refractivity contribution in [3.8, 4) is 33.4 Å². The molecule has 0 fully saturated rings. The maximum absolute atomic E-state index is 6.84. The van der Waals surface area contributed by atoms with Crippen LogP contribution in [-0.2, 0) is 0 Å². The molecule has 0 N–H and O–H groups in total. The van der Waals surface area contributed by atoms with Gasteiger partial charge in [-0.15, -0.1) is 11.3 Å². The van der Waals surface area contributed by atoms with Crippen LogP contribution in [0, 0.1) is 0 Å². The molecule has 10 rings (SSSR count). The quantitative estimate of drug-likeness (QED) is 0.175. The lowest BCUT2D eigenvalue weighted by atomic mass is 9.96. The third-order valence-corrected chi connectivity index (χ3v) is 11.0. The van der Waals surface area contributed by atoms with E-state index in [1.54, 1.807) is 0 Å². The van der Waals surface area contributed by atoms with Gasteiger partial charge in [0, 0.05) is 47.8 Å². The van der Waals surface area contributed by atoms with Crippen LogP contribution in [0.3, 0.4) is 0 Å². The minimum atomic E-state index is 0.860. The summed E-state index contributed by atoms with van der Waals surface area (Å²) in [6, 6.07) is 67.3. The van der Waals surface area contributed by atoms with Gasteiger partial charge in [-0.05, 0) is 70.8 Å². The number of hydrogen-bond acceptors (Lipinski definition) is 3. The van der Waals surface area contributed by atoms with Gasteiger partial charge >= 0.3 is 0 Å². The molecule has 0 amide bonds. The molecule has 240 valence electrons. The molecule has 0 aliphatic carbocycles. The number of rotatable bonds is 6. The second kappa shape index (κ2) is 12.2. The van der Waals surface area contributed by atoms with Crippen molar-refractivity contribution in [2.24, 2.45) is 0 Å². The summed E-state index contributed by atoms with van der Waals surface area (Å²) >= 11 is 1.85. The predicted molar refractivity (Wildman–Crippen MR) is 218 cm³/mol. The first-order valence-corrected chi connectivity index (χ1v) is 18.1. The Morgan fingerprint density at radius 2 is 1.02 bits per heavy atom. The number of furan rings is 1. The highest BCUT2D eigenvalue weighted by atomic mass is 32.1. The van der Waals surface area contributed by atoms with Gasteiger partial charge in [0.05, 0.1) is 11.4 Å². The van der Waals surface area contributed by atoms with Crippen molar-refractivity contribution in [2.75, 3.05) is 4.90 Å². The normalized spacial score (nSPS) is 11.5. The molecule has 2 aromatic heterocycles. The van der Waals surface area contributed by atoms with Crippen molar-refractivity contribution in [2.45, 2.75) is 0 Å². The van der Waals surface area contributed by atoms with Gasteiger partial charge in [0.25, 0.3) is 0 Å². The molecule has 2 nitrogen and oxygen atoms in total. The smallest absolute Gasteiger partial charge is 0.160 e. The first-order valence-electron chi connectivity index (χ1n) is 17.3. The molecule has 51 heavy (non-hydrogen) atoms. The summed E-state index contributed by atoms with van der Waals surface area (Å²) in [6.07, 6.45) is 0. The zero-order chi connectivity index (χ0) is 33.7. The van der Waals surface area contributed by atoms with E-state index in [2.05, 4.69) is 187 Å².